The Balaban J connectivity index is 2.33. The highest BCUT2D eigenvalue weighted by Crippen LogP contribution is 2.56. The van der Waals surface area contributed by atoms with Crippen molar-refractivity contribution in [3.05, 3.63) is 59.7 Å². The van der Waals surface area contributed by atoms with E-state index in [0.717, 1.165) is 0 Å². The Labute approximate surface area is 143 Å². The van der Waals surface area contributed by atoms with Gasteiger partial charge in [0.1, 0.15) is 0 Å². The van der Waals surface area contributed by atoms with Gasteiger partial charge in [0.25, 0.3) is 0 Å². The summed E-state index contributed by atoms with van der Waals surface area (Å²) in [7, 11) is -1.64. The Morgan fingerprint density at radius 3 is 1.30 bits per heavy atom. The van der Waals surface area contributed by atoms with Crippen LogP contribution in [0.3, 0.4) is 0 Å². The van der Waals surface area contributed by atoms with Gasteiger partial charge in [-0.3, -0.25) is 0 Å². The van der Waals surface area contributed by atoms with E-state index in [9.17, 15) is 0 Å². The van der Waals surface area contributed by atoms with Gasteiger partial charge in [-0.2, -0.15) is 0 Å². The van der Waals surface area contributed by atoms with Crippen LogP contribution in [-0.2, 0) is 12.1 Å². The van der Waals surface area contributed by atoms with Crippen LogP contribution < -0.4 is 0 Å². The van der Waals surface area contributed by atoms with Crippen LogP contribution in [0.2, 0.25) is 10.1 Å². The molecule has 0 aliphatic carbocycles. The van der Waals surface area contributed by atoms with Crippen molar-refractivity contribution < 1.29 is 0 Å². The molecule has 0 atom stereocenters. The van der Waals surface area contributed by atoms with Crippen molar-refractivity contribution in [2.75, 3.05) is 0 Å². The van der Waals surface area contributed by atoms with E-state index in [-0.39, 0.29) is 0 Å². The monoisotopic (exact) mass is 322 g/mol. The average Bonchev–Trinajstić information content (AvgIpc) is 2.61. The van der Waals surface area contributed by atoms with E-state index in [1.165, 1.54) is 23.2 Å². The number of hydrogen-bond donors (Lipinski definition) is 0. The van der Waals surface area contributed by atoms with E-state index in [2.05, 4.69) is 90.1 Å². The zero-order valence-electron chi connectivity index (χ0n) is 15.5. The second kappa shape index (κ2) is 5.34. The minimum absolute atomic E-state index is 0.371. The fourth-order valence-corrected chi connectivity index (χ4v) is 11.2. The molecule has 0 saturated carbocycles. The predicted octanol–water partition coefficient (Wildman–Crippen LogP) is 6.58. The number of hydrogen-bond acceptors (Lipinski definition) is 0. The highest BCUT2D eigenvalue weighted by atomic mass is 28.3. The van der Waals surface area contributed by atoms with Crippen LogP contribution in [0.1, 0.15) is 52.7 Å². The highest BCUT2D eigenvalue weighted by Gasteiger charge is 2.53. The quantitative estimate of drug-likeness (QED) is 0.481. The molecule has 1 aliphatic heterocycles. The van der Waals surface area contributed by atoms with Gasteiger partial charge in [0, 0.05) is 0 Å². The first-order valence-corrected chi connectivity index (χ1v) is 11.2. The molecule has 0 N–H and O–H groups in total. The molecule has 0 saturated heterocycles. The molecule has 122 valence electrons. The van der Waals surface area contributed by atoms with Crippen LogP contribution in [0.4, 0.5) is 0 Å². The van der Waals surface area contributed by atoms with Crippen LogP contribution in [0.25, 0.3) is 11.1 Å². The van der Waals surface area contributed by atoms with E-state index in [1.54, 1.807) is 11.1 Å². The minimum Gasteiger partial charge on any atom is -0.0625 e. The Morgan fingerprint density at radius 1 is 0.609 bits per heavy atom. The molecule has 0 fully saturated rings. The number of rotatable bonds is 0. The van der Waals surface area contributed by atoms with Gasteiger partial charge in [0.2, 0.25) is 0 Å². The maximum absolute atomic E-state index is 2.49. The van der Waals surface area contributed by atoms with Gasteiger partial charge in [-0.1, -0.05) is 90.1 Å². The van der Waals surface area contributed by atoms with E-state index in [1.807, 2.05) is 0 Å². The lowest BCUT2D eigenvalue weighted by Crippen LogP contribution is -2.56. The first-order valence-electron chi connectivity index (χ1n) is 8.82. The van der Waals surface area contributed by atoms with Crippen molar-refractivity contribution in [2.45, 2.75) is 63.7 Å². The average molecular weight is 323 g/mol. The topological polar surface area (TPSA) is 0 Å². The minimum atomic E-state index is -1.64. The molecule has 2 aromatic carbocycles. The molecule has 2 aromatic rings. The summed E-state index contributed by atoms with van der Waals surface area (Å²) in [6.07, 6.45) is 0. The molecule has 1 heteroatoms. The lowest BCUT2D eigenvalue weighted by Gasteiger charge is -2.52. The Kier molecular flexibility index (Phi) is 3.83. The molecule has 3 rings (SSSR count). The molecular weight excluding hydrogens is 292 g/mol. The van der Waals surface area contributed by atoms with Crippen LogP contribution in [0.5, 0.6) is 0 Å². The van der Waals surface area contributed by atoms with Gasteiger partial charge in [-0.15, -0.1) is 0 Å². The van der Waals surface area contributed by atoms with Gasteiger partial charge < -0.3 is 0 Å². The fourth-order valence-electron chi connectivity index (χ4n) is 4.77. The third-order valence-corrected chi connectivity index (χ3v) is 13.9. The first-order chi connectivity index (χ1) is 10.7. The summed E-state index contributed by atoms with van der Waals surface area (Å²) in [5.41, 5.74) is 6.06. The zero-order chi connectivity index (χ0) is 16.9. The van der Waals surface area contributed by atoms with Gasteiger partial charge in [0.05, 0.1) is 8.07 Å². The van der Waals surface area contributed by atoms with Crippen molar-refractivity contribution in [3.8, 4) is 11.1 Å². The van der Waals surface area contributed by atoms with Crippen LogP contribution >= 0.6 is 0 Å². The lowest BCUT2D eigenvalue weighted by molar-refractivity contribution is 0.597. The summed E-state index contributed by atoms with van der Waals surface area (Å²) >= 11 is 0. The molecular formula is C22H30Si. The van der Waals surface area contributed by atoms with Crippen molar-refractivity contribution in [2.24, 2.45) is 0 Å². The summed E-state index contributed by atoms with van der Waals surface area (Å²) in [6.45, 7) is 14.9. The molecule has 0 bridgehead atoms. The number of fused-ring (bicyclic) bond motifs is 3. The maximum Gasteiger partial charge on any atom is 0.0731 e. The zero-order valence-corrected chi connectivity index (χ0v) is 16.5. The van der Waals surface area contributed by atoms with Crippen molar-refractivity contribution >= 4 is 8.07 Å². The highest BCUT2D eigenvalue weighted by molar-refractivity contribution is 6.84. The Bertz CT molecular complexity index is 650. The van der Waals surface area contributed by atoms with E-state index < -0.39 is 8.07 Å². The van der Waals surface area contributed by atoms with Gasteiger partial charge >= 0.3 is 0 Å². The van der Waals surface area contributed by atoms with Crippen molar-refractivity contribution in [3.63, 3.8) is 0 Å². The van der Waals surface area contributed by atoms with Crippen LogP contribution in [0, 0.1) is 0 Å². The summed E-state index contributed by atoms with van der Waals surface area (Å²) in [5, 5.41) is 0.742. The van der Waals surface area contributed by atoms with Gasteiger partial charge in [0.15, 0.2) is 0 Å². The van der Waals surface area contributed by atoms with Crippen molar-refractivity contribution in [1.29, 1.82) is 0 Å². The SMILES string of the molecule is CC(C)(C)[Si]1(C(C)(C)C)Cc2ccccc2-c2ccccc2C1. The van der Waals surface area contributed by atoms with Crippen molar-refractivity contribution in [1.82, 2.24) is 0 Å². The molecule has 0 radical (unpaired) electrons. The smallest absolute Gasteiger partial charge is 0.0625 e. The lowest BCUT2D eigenvalue weighted by atomic mass is 9.97. The second-order valence-corrected chi connectivity index (χ2v) is 15.1. The standard InChI is InChI=1S/C22H30Si/c1-21(2,3)23(22(4,5)6)15-17-11-7-9-13-19(17)20-14-10-8-12-18(20)16-23/h7-14H,15-16H2,1-6H3. The largest absolute Gasteiger partial charge is 0.0731 e. The first kappa shape index (κ1) is 16.5. The molecule has 1 aliphatic rings. The summed E-state index contributed by atoms with van der Waals surface area (Å²) in [5.74, 6) is 0. The predicted molar refractivity (Wildman–Crippen MR) is 104 cm³/mol. The molecule has 0 amide bonds. The van der Waals surface area contributed by atoms with E-state index in [4.69, 9.17) is 0 Å². The normalized spacial score (nSPS) is 17.1. The molecule has 0 aromatic heterocycles. The van der Waals surface area contributed by atoms with Gasteiger partial charge in [-0.05, 0) is 44.4 Å². The van der Waals surface area contributed by atoms with E-state index >= 15 is 0 Å². The maximum atomic E-state index is 2.49. The summed E-state index contributed by atoms with van der Waals surface area (Å²) < 4.78 is 0. The molecule has 0 nitrogen and oxygen atoms in total. The molecule has 1 heterocycles. The molecule has 0 spiro atoms. The van der Waals surface area contributed by atoms with E-state index in [0.29, 0.717) is 10.1 Å². The van der Waals surface area contributed by atoms with Crippen LogP contribution in [0.15, 0.2) is 48.5 Å². The second-order valence-electron chi connectivity index (χ2n) is 9.25. The Hall–Kier alpha value is -1.34. The molecule has 0 unspecified atom stereocenters. The van der Waals surface area contributed by atoms with Gasteiger partial charge in [-0.25, -0.2) is 0 Å². The molecule has 23 heavy (non-hydrogen) atoms. The summed E-state index contributed by atoms with van der Waals surface area (Å²) in [4.78, 5) is 0. The fraction of sp³-hybridized carbons (Fsp3) is 0.455. The third-order valence-electron chi connectivity index (χ3n) is 6.18. The number of benzene rings is 2. The van der Waals surface area contributed by atoms with Crippen LogP contribution in [-0.4, -0.2) is 8.07 Å². The third kappa shape index (κ3) is 2.59. The Morgan fingerprint density at radius 2 is 0.957 bits per heavy atom. The summed E-state index contributed by atoms with van der Waals surface area (Å²) in [6, 6.07) is 20.8.